The molecule has 0 aliphatic heterocycles. The molecule has 0 unspecified atom stereocenters. The van der Waals surface area contributed by atoms with E-state index in [0.717, 1.165) is 0 Å². The van der Waals surface area contributed by atoms with Crippen LogP contribution in [0.3, 0.4) is 0 Å². The van der Waals surface area contributed by atoms with Crippen LogP contribution in [0.5, 0.6) is 0 Å². The van der Waals surface area contributed by atoms with Crippen molar-refractivity contribution >= 4 is 11.6 Å². The number of nitrogen functional groups attached to an aromatic ring is 1. The van der Waals surface area contributed by atoms with Crippen molar-refractivity contribution in [3.05, 3.63) is 30.6 Å². The van der Waals surface area contributed by atoms with E-state index < -0.39 is 0 Å². The van der Waals surface area contributed by atoms with Gasteiger partial charge in [0.05, 0.1) is 5.69 Å². The highest BCUT2D eigenvalue weighted by molar-refractivity contribution is 5.94. The molecule has 4 nitrogen and oxygen atoms in total. The lowest BCUT2D eigenvalue weighted by atomic mass is 10.2. The lowest BCUT2D eigenvalue weighted by Gasteiger charge is -2.25. The lowest BCUT2D eigenvalue weighted by Crippen LogP contribution is -2.37. The first-order valence-corrected chi connectivity index (χ1v) is 5.31. The minimum Gasteiger partial charge on any atom is -0.397 e. The maximum atomic E-state index is 12.2. The Morgan fingerprint density at radius 3 is 2.69 bits per heavy atom. The standard InChI is InChI=1S/C12H19N3O/c1-5-6-15(9(2)3)12(16)11-7-10(13)8-14(11)4/h5,7-9H,1,6,13H2,2-4H3. The Balaban J connectivity index is 2.98. The van der Waals surface area contributed by atoms with Crippen molar-refractivity contribution in [2.24, 2.45) is 7.05 Å². The van der Waals surface area contributed by atoms with E-state index in [2.05, 4.69) is 6.58 Å². The van der Waals surface area contributed by atoms with Crippen molar-refractivity contribution in [3.63, 3.8) is 0 Å². The lowest BCUT2D eigenvalue weighted by molar-refractivity contribution is 0.0719. The minimum atomic E-state index is -0.0194. The average molecular weight is 221 g/mol. The molecule has 0 aromatic carbocycles. The number of rotatable bonds is 4. The summed E-state index contributed by atoms with van der Waals surface area (Å²) in [4.78, 5) is 14.0. The zero-order valence-electron chi connectivity index (χ0n) is 10.1. The predicted octanol–water partition coefficient (Wildman–Crippen LogP) is 1.64. The smallest absolute Gasteiger partial charge is 0.271 e. The minimum absolute atomic E-state index is 0.0194. The molecule has 0 spiro atoms. The van der Waals surface area contributed by atoms with Crippen LogP contribution >= 0.6 is 0 Å². The molecule has 0 atom stereocenters. The summed E-state index contributed by atoms with van der Waals surface area (Å²) < 4.78 is 1.75. The fourth-order valence-corrected chi connectivity index (χ4v) is 1.62. The van der Waals surface area contributed by atoms with Crippen molar-refractivity contribution in [2.75, 3.05) is 12.3 Å². The van der Waals surface area contributed by atoms with Crippen molar-refractivity contribution < 1.29 is 4.79 Å². The van der Waals surface area contributed by atoms with E-state index in [9.17, 15) is 4.79 Å². The summed E-state index contributed by atoms with van der Waals surface area (Å²) in [6, 6.07) is 1.84. The fraction of sp³-hybridized carbons (Fsp3) is 0.417. The van der Waals surface area contributed by atoms with Crippen molar-refractivity contribution in [2.45, 2.75) is 19.9 Å². The number of nitrogens with zero attached hydrogens (tertiary/aromatic N) is 2. The molecule has 2 N–H and O–H groups in total. The number of anilines is 1. The van der Waals surface area contributed by atoms with Gasteiger partial charge < -0.3 is 15.2 Å². The zero-order chi connectivity index (χ0) is 12.3. The van der Waals surface area contributed by atoms with Gasteiger partial charge in [-0.3, -0.25) is 4.79 Å². The molecule has 0 saturated carbocycles. The Morgan fingerprint density at radius 1 is 1.69 bits per heavy atom. The predicted molar refractivity (Wildman–Crippen MR) is 66.2 cm³/mol. The fourth-order valence-electron chi connectivity index (χ4n) is 1.62. The molecule has 1 rings (SSSR count). The van der Waals surface area contributed by atoms with Crippen LogP contribution < -0.4 is 5.73 Å². The van der Waals surface area contributed by atoms with E-state index in [-0.39, 0.29) is 11.9 Å². The Bertz CT molecular complexity index is 393. The topological polar surface area (TPSA) is 51.3 Å². The second kappa shape index (κ2) is 4.88. The number of hydrogen-bond donors (Lipinski definition) is 1. The Labute approximate surface area is 96.3 Å². The molecule has 1 heterocycles. The Morgan fingerprint density at radius 2 is 2.31 bits per heavy atom. The number of amides is 1. The first-order chi connectivity index (χ1) is 7.47. The van der Waals surface area contributed by atoms with E-state index in [1.54, 1.807) is 27.8 Å². The monoisotopic (exact) mass is 221 g/mol. The second-order valence-corrected chi connectivity index (χ2v) is 4.11. The van der Waals surface area contributed by atoms with Crippen molar-refractivity contribution in [1.29, 1.82) is 0 Å². The molecule has 0 radical (unpaired) electrons. The van der Waals surface area contributed by atoms with Gasteiger partial charge in [-0.2, -0.15) is 0 Å². The van der Waals surface area contributed by atoms with E-state index >= 15 is 0 Å². The van der Waals surface area contributed by atoms with Gasteiger partial charge in [-0.15, -0.1) is 6.58 Å². The summed E-state index contributed by atoms with van der Waals surface area (Å²) >= 11 is 0. The van der Waals surface area contributed by atoms with Crippen LogP contribution in [0, 0.1) is 0 Å². The number of hydrogen-bond acceptors (Lipinski definition) is 2. The third-order valence-electron chi connectivity index (χ3n) is 2.46. The summed E-state index contributed by atoms with van der Waals surface area (Å²) in [5, 5.41) is 0. The quantitative estimate of drug-likeness (QED) is 0.786. The van der Waals surface area contributed by atoms with Gasteiger partial charge in [-0.25, -0.2) is 0 Å². The molecule has 0 fully saturated rings. The van der Waals surface area contributed by atoms with Crippen LogP contribution in [-0.4, -0.2) is 28.0 Å². The Kier molecular flexibility index (Phi) is 3.77. The molecule has 1 aromatic rings. The molecule has 0 aliphatic rings. The van der Waals surface area contributed by atoms with Gasteiger partial charge in [-0.1, -0.05) is 6.08 Å². The van der Waals surface area contributed by atoms with Crippen LogP contribution in [-0.2, 0) is 7.05 Å². The number of carbonyl (C=O) groups is 1. The van der Waals surface area contributed by atoms with Gasteiger partial charge in [-0.05, 0) is 19.9 Å². The largest absolute Gasteiger partial charge is 0.397 e. The van der Waals surface area contributed by atoms with Crippen LogP contribution in [0.2, 0.25) is 0 Å². The maximum absolute atomic E-state index is 12.2. The summed E-state index contributed by atoms with van der Waals surface area (Å²) in [5.41, 5.74) is 6.87. The van der Waals surface area contributed by atoms with E-state index in [1.165, 1.54) is 0 Å². The molecule has 1 amide bonds. The molecule has 88 valence electrons. The summed E-state index contributed by atoms with van der Waals surface area (Å²) in [6.07, 6.45) is 3.46. The molecule has 4 heteroatoms. The summed E-state index contributed by atoms with van der Waals surface area (Å²) in [5.74, 6) is -0.0194. The summed E-state index contributed by atoms with van der Waals surface area (Å²) in [6.45, 7) is 8.16. The van der Waals surface area contributed by atoms with Crippen molar-refractivity contribution in [3.8, 4) is 0 Å². The van der Waals surface area contributed by atoms with E-state index in [4.69, 9.17) is 5.73 Å². The highest BCUT2D eigenvalue weighted by Crippen LogP contribution is 2.13. The molecule has 16 heavy (non-hydrogen) atoms. The molecular weight excluding hydrogens is 202 g/mol. The summed E-state index contributed by atoms with van der Waals surface area (Å²) in [7, 11) is 1.82. The van der Waals surface area contributed by atoms with E-state index in [1.807, 2.05) is 20.9 Å². The SMILES string of the molecule is C=CCN(C(=O)c1cc(N)cn1C)C(C)C. The normalized spacial score (nSPS) is 10.5. The van der Waals surface area contributed by atoms with Gasteiger partial charge in [0.1, 0.15) is 5.69 Å². The van der Waals surface area contributed by atoms with Gasteiger partial charge in [0, 0.05) is 25.8 Å². The highest BCUT2D eigenvalue weighted by Gasteiger charge is 2.20. The second-order valence-electron chi connectivity index (χ2n) is 4.11. The van der Waals surface area contributed by atoms with Gasteiger partial charge >= 0.3 is 0 Å². The zero-order valence-corrected chi connectivity index (χ0v) is 10.1. The first-order valence-electron chi connectivity index (χ1n) is 5.31. The molecular formula is C12H19N3O. The molecule has 0 saturated heterocycles. The molecule has 0 aliphatic carbocycles. The number of carbonyl (C=O) groups excluding carboxylic acids is 1. The maximum Gasteiger partial charge on any atom is 0.271 e. The third-order valence-corrected chi connectivity index (χ3v) is 2.46. The Hall–Kier alpha value is -1.71. The number of aromatic nitrogens is 1. The van der Waals surface area contributed by atoms with Crippen LogP contribution in [0.4, 0.5) is 5.69 Å². The molecule has 0 bridgehead atoms. The van der Waals surface area contributed by atoms with Gasteiger partial charge in [0.25, 0.3) is 5.91 Å². The van der Waals surface area contributed by atoms with Crippen LogP contribution in [0.25, 0.3) is 0 Å². The van der Waals surface area contributed by atoms with E-state index in [0.29, 0.717) is 17.9 Å². The average Bonchev–Trinajstić information content (AvgIpc) is 2.53. The van der Waals surface area contributed by atoms with Crippen LogP contribution in [0.1, 0.15) is 24.3 Å². The van der Waals surface area contributed by atoms with Crippen LogP contribution in [0.15, 0.2) is 24.9 Å². The van der Waals surface area contributed by atoms with Gasteiger partial charge in [0.15, 0.2) is 0 Å². The highest BCUT2D eigenvalue weighted by atomic mass is 16.2. The molecule has 1 aromatic heterocycles. The first kappa shape index (κ1) is 12.4. The number of aryl methyl sites for hydroxylation is 1. The van der Waals surface area contributed by atoms with Gasteiger partial charge in [0.2, 0.25) is 0 Å². The number of nitrogens with two attached hydrogens (primary N) is 1. The van der Waals surface area contributed by atoms with Crippen molar-refractivity contribution in [1.82, 2.24) is 9.47 Å². The third kappa shape index (κ3) is 2.45.